The molecule has 5 nitrogen and oxygen atoms in total. The van der Waals surface area contributed by atoms with Crippen LogP contribution in [0.2, 0.25) is 0 Å². The number of benzene rings is 1. The Morgan fingerprint density at radius 2 is 1.78 bits per heavy atom. The Labute approximate surface area is 114 Å². The normalized spacial score (nSPS) is 11.0. The summed E-state index contributed by atoms with van der Waals surface area (Å²) >= 11 is 4.91. The Kier molecular flexibility index (Phi) is 4.71. The average molecular weight is 305 g/mol. The number of hydrogen-bond donors (Lipinski definition) is 1. The van der Waals surface area contributed by atoms with E-state index in [9.17, 15) is 13.2 Å². The molecular formula is C10H11NO4S3. The fraction of sp³-hybridized carbons (Fsp3) is 0.200. The minimum atomic E-state index is -3.61. The molecular weight excluding hydrogens is 294 g/mol. The summed E-state index contributed by atoms with van der Waals surface area (Å²) in [5.74, 6) is -1.10. The quantitative estimate of drug-likeness (QED) is 0.672. The van der Waals surface area contributed by atoms with Crippen LogP contribution in [0.4, 0.5) is 0 Å². The highest BCUT2D eigenvalue weighted by Crippen LogP contribution is 2.25. The lowest BCUT2D eigenvalue weighted by Gasteiger charge is -2.12. The first-order valence-electron chi connectivity index (χ1n) is 4.73. The summed E-state index contributed by atoms with van der Waals surface area (Å²) in [5.41, 5.74) is 0.0362. The summed E-state index contributed by atoms with van der Waals surface area (Å²) in [6.45, 7) is 0. The Morgan fingerprint density at radius 1 is 1.28 bits per heavy atom. The zero-order chi connectivity index (χ0) is 13.9. The van der Waals surface area contributed by atoms with Gasteiger partial charge in [0.25, 0.3) is 0 Å². The SMILES string of the molecule is CN(C)C(=S)SS(=O)(=O)c1ccc(C(=O)O)cc1. The highest BCUT2D eigenvalue weighted by atomic mass is 33.1. The van der Waals surface area contributed by atoms with Crippen molar-refractivity contribution in [2.24, 2.45) is 0 Å². The number of hydrogen-bond acceptors (Lipinski definition) is 5. The van der Waals surface area contributed by atoms with Crippen molar-refractivity contribution in [3.8, 4) is 0 Å². The van der Waals surface area contributed by atoms with Crippen molar-refractivity contribution in [1.82, 2.24) is 4.90 Å². The zero-order valence-electron chi connectivity index (χ0n) is 9.65. The molecule has 18 heavy (non-hydrogen) atoms. The van der Waals surface area contributed by atoms with E-state index in [1.165, 1.54) is 29.2 Å². The molecule has 0 radical (unpaired) electrons. The van der Waals surface area contributed by atoms with E-state index < -0.39 is 14.8 Å². The Morgan fingerprint density at radius 3 is 2.17 bits per heavy atom. The minimum Gasteiger partial charge on any atom is -0.478 e. The van der Waals surface area contributed by atoms with Gasteiger partial charge in [-0.15, -0.1) is 0 Å². The first kappa shape index (κ1) is 14.9. The van der Waals surface area contributed by atoms with Gasteiger partial charge >= 0.3 is 5.97 Å². The van der Waals surface area contributed by atoms with Gasteiger partial charge in [-0.1, -0.05) is 12.2 Å². The summed E-state index contributed by atoms with van der Waals surface area (Å²) < 4.78 is 24.1. The molecule has 0 aliphatic carbocycles. The monoisotopic (exact) mass is 305 g/mol. The van der Waals surface area contributed by atoms with Crippen molar-refractivity contribution >= 4 is 42.2 Å². The fourth-order valence-electron chi connectivity index (χ4n) is 0.981. The van der Waals surface area contributed by atoms with Crippen molar-refractivity contribution in [1.29, 1.82) is 0 Å². The van der Waals surface area contributed by atoms with Crippen LogP contribution in [-0.4, -0.2) is 42.8 Å². The van der Waals surface area contributed by atoms with Crippen molar-refractivity contribution in [3.63, 3.8) is 0 Å². The van der Waals surface area contributed by atoms with Gasteiger partial charge in [0.2, 0.25) is 8.87 Å². The van der Waals surface area contributed by atoms with E-state index >= 15 is 0 Å². The minimum absolute atomic E-state index is 0.0294. The Hall–Kier alpha value is -1.12. The van der Waals surface area contributed by atoms with Gasteiger partial charge in [-0.2, -0.15) is 0 Å². The summed E-state index contributed by atoms with van der Waals surface area (Å²) in [6, 6.07) is 5.00. The molecule has 0 aromatic heterocycles. The Balaban J connectivity index is 2.99. The number of aromatic carboxylic acids is 1. The van der Waals surface area contributed by atoms with Gasteiger partial charge in [0, 0.05) is 24.9 Å². The summed E-state index contributed by atoms with van der Waals surface area (Å²) in [5, 5.41) is 8.71. The van der Waals surface area contributed by atoms with Crippen LogP contribution in [0.15, 0.2) is 29.2 Å². The van der Waals surface area contributed by atoms with Gasteiger partial charge in [0.05, 0.1) is 10.5 Å². The summed E-state index contributed by atoms with van der Waals surface area (Å²) in [4.78, 5) is 12.2. The summed E-state index contributed by atoms with van der Waals surface area (Å²) in [7, 11) is 0.256. The van der Waals surface area contributed by atoms with E-state index in [0.29, 0.717) is 10.8 Å². The Bertz CT molecular complexity index is 563. The maximum Gasteiger partial charge on any atom is 0.335 e. The van der Waals surface area contributed by atoms with E-state index in [1.807, 2.05) is 0 Å². The molecule has 0 saturated carbocycles. The van der Waals surface area contributed by atoms with Crippen molar-refractivity contribution in [2.75, 3.05) is 14.1 Å². The molecule has 8 heteroatoms. The third-order valence-corrected chi connectivity index (χ3v) is 6.15. The predicted molar refractivity (Wildman–Crippen MR) is 74.5 cm³/mol. The highest BCUT2D eigenvalue weighted by molar-refractivity contribution is 8.79. The van der Waals surface area contributed by atoms with Crippen molar-refractivity contribution in [2.45, 2.75) is 4.90 Å². The van der Waals surface area contributed by atoms with E-state index in [-0.39, 0.29) is 14.8 Å². The molecule has 0 unspecified atom stereocenters. The lowest BCUT2D eigenvalue weighted by Crippen LogP contribution is -2.18. The maximum atomic E-state index is 11.9. The average Bonchev–Trinajstić information content (AvgIpc) is 2.28. The van der Waals surface area contributed by atoms with Crippen LogP contribution in [0.25, 0.3) is 0 Å². The van der Waals surface area contributed by atoms with E-state index in [0.717, 1.165) is 0 Å². The molecule has 0 saturated heterocycles. The van der Waals surface area contributed by atoms with Gasteiger partial charge in [0.15, 0.2) is 4.32 Å². The van der Waals surface area contributed by atoms with E-state index in [2.05, 4.69) is 0 Å². The van der Waals surface area contributed by atoms with Gasteiger partial charge in [-0.3, -0.25) is 0 Å². The molecule has 0 fully saturated rings. The standard InChI is InChI=1S/C10H11NO4S3/c1-11(2)10(16)17-18(14,15)8-5-3-7(4-6-8)9(12)13/h3-6H,1-2H3,(H,12,13). The van der Waals surface area contributed by atoms with Crippen molar-refractivity contribution < 1.29 is 18.3 Å². The third kappa shape index (κ3) is 3.69. The van der Waals surface area contributed by atoms with E-state index in [4.69, 9.17) is 17.3 Å². The van der Waals surface area contributed by atoms with Gasteiger partial charge in [-0.05, 0) is 24.3 Å². The highest BCUT2D eigenvalue weighted by Gasteiger charge is 2.19. The second-order valence-corrected chi connectivity index (χ2v) is 7.92. The van der Waals surface area contributed by atoms with E-state index in [1.54, 1.807) is 14.1 Å². The van der Waals surface area contributed by atoms with Crippen LogP contribution in [-0.2, 0) is 8.87 Å². The second-order valence-electron chi connectivity index (χ2n) is 3.53. The smallest absolute Gasteiger partial charge is 0.335 e. The lowest BCUT2D eigenvalue weighted by atomic mass is 10.2. The number of carbonyl (C=O) groups is 1. The second kappa shape index (κ2) is 5.68. The molecule has 0 heterocycles. The van der Waals surface area contributed by atoms with Crippen LogP contribution >= 0.6 is 23.0 Å². The van der Waals surface area contributed by atoms with Crippen LogP contribution in [0.5, 0.6) is 0 Å². The number of carboxylic acids is 1. The molecule has 0 atom stereocenters. The molecule has 0 spiro atoms. The van der Waals surface area contributed by atoms with Crippen LogP contribution in [0.3, 0.4) is 0 Å². The molecule has 1 rings (SSSR count). The van der Waals surface area contributed by atoms with Crippen LogP contribution < -0.4 is 0 Å². The molecule has 0 bridgehead atoms. The van der Waals surface area contributed by atoms with Gasteiger partial charge in [-0.25, -0.2) is 13.2 Å². The maximum absolute atomic E-state index is 11.9. The van der Waals surface area contributed by atoms with Crippen LogP contribution in [0.1, 0.15) is 10.4 Å². The first-order chi connectivity index (χ1) is 8.24. The molecule has 0 aliphatic heterocycles. The van der Waals surface area contributed by atoms with Crippen molar-refractivity contribution in [3.05, 3.63) is 29.8 Å². The zero-order valence-corrected chi connectivity index (χ0v) is 12.1. The molecule has 1 N–H and O–H groups in total. The molecule has 1 aromatic carbocycles. The number of thiocarbonyl (C=S) groups is 1. The molecule has 0 amide bonds. The molecule has 98 valence electrons. The topological polar surface area (TPSA) is 74.7 Å². The molecule has 0 aliphatic rings. The van der Waals surface area contributed by atoms with Gasteiger partial charge < -0.3 is 10.0 Å². The van der Waals surface area contributed by atoms with Crippen LogP contribution in [0, 0.1) is 0 Å². The number of carboxylic acid groups (broad SMARTS) is 1. The number of rotatable bonds is 3. The number of nitrogens with zero attached hydrogens (tertiary/aromatic N) is 1. The van der Waals surface area contributed by atoms with Gasteiger partial charge in [0.1, 0.15) is 0 Å². The first-order valence-corrected chi connectivity index (χ1v) is 7.95. The lowest BCUT2D eigenvalue weighted by molar-refractivity contribution is 0.0697. The summed E-state index contributed by atoms with van der Waals surface area (Å²) in [6.07, 6.45) is 0. The fourth-order valence-corrected chi connectivity index (χ4v) is 4.32. The third-order valence-electron chi connectivity index (χ3n) is 1.94. The predicted octanol–water partition coefficient (Wildman–Crippen LogP) is 1.65. The molecule has 1 aromatic rings. The largest absolute Gasteiger partial charge is 0.478 e.